The molecular formula is C14H10BrO3-. The number of benzene rings is 2. The molecule has 0 aliphatic rings. The van der Waals surface area contributed by atoms with Crippen molar-refractivity contribution in [1.29, 1.82) is 0 Å². The molecule has 0 saturated carbocycles. The van der Waals surface area contributed by atoms with Crippen molar-refractivity contribution in [2.24, 2.45) is 0 Å². The fourth-order valence-electron chi connectivity index (χ4n) is 1.46. The van der Waals surface area contributed by atoms with Crippen LogP contribution in [0.5, 0.6) is 5.75 Å². The van der Waals surface area contributed by atoms with E-state index < -0.39 is 5.97 Å². The van der Waals surface area contributed by atoms with Gasteiger partial charge in [0.2, 0.25) is 0 Å². The molecule has 0 bridgehead atoms. The van der Waals surface area contributed by atoms with Crippen LogP contribution < -0.4 is 9.84 Å². The maximum atomic E-state index is 10.7. The summed E-state index contributed by atoms with van der Waals surface area (Å²) in [4.78, 5) is 10.7. The number of hydrogen-bond donors (Lipinski definition) is 0. The fourth-order valence-corrected chi connectivity index (χ4v) is 1.72. The summed E-state index contributed by atoms with van der Waals surface area (Å²) in [6.07, 6.45) is 0. The zero-order valence-electron chi connectivity index (χ0n) is 9.43. The van der Waals surface area contributed by atoms with Gasteiger partial charge in [0.05, 0.1) is 5.97 Å². The summed E-state index contributed by atoms with van der Waals surface area (Å²) in [5.74, 6) is -0.691. The zero-order chi connectivity index (χ0) is 13.0. The number of halogens is 1. The lowest BCUT2D eigenvalue weighted by Crippen LogP contribution is -2.22. The highest BCUT2D eigenvalue weighted by Gasteiger charge is 1.99. The first-order chi connectivity index (χ1) is 8.65. The van der Waals surface area contributed by atoms with Crippen LogP contribution in [0.3, 0.4) is 0 Å². The minimum Gasteiger partial charge on any atom is -0.545 e. The molecule has 0 unspecified atom stereocenters. The Morgan fingerprint density at radius 3 is 2.56 bits per heavy atom. The number of hydrogen-bond acceptors (Lipinski definition) is 3. The number of aromatic carboxylic acids is 1. The molecule has 0 saturated heterocycles. The Morgan fingerprint density at radius 2 is 1.89 bits per heavy atom. The van der Waals surface area contributed by atoms with E-state index in [9.17, 15) is 9.90 Å². The van der Waals surface area contributed by atoms with E-state index in [-0.39, 0.29) is 5.56 Å². The van der Waals surface area contributed by atoms with Gasteiger partial charge < -0.3 is 14.6 Å². The van der Waals surface area contributed by atoms with E-state index in [4.69, 9.17) is 4.74 Å². The second kappa shape index (κ2) is 5.69. The Bertz CT molecular complexity index is 549. The summed E-state index contributed by atoms with van der Waals surface area (Å²) in [7, 11) is 0. The first kappa shape index (κ1) is 12.6. The standard InChI is InChI=1S/C14H11BrO3/c15-12-6-4-10(5-7-12)9-18-13-3-1-2-11(8-13)14(16)17/h1-8H,9H2,(H,16,17)/p-1. The molecule has 0 aliphatic carbocycles. The normalized spacial score (nSPS) is 10.1. The molecule has 0 fully saturated rings. The van der Waals surface area contributed by atoms with Gasteiger partial charge in [0.15, 0.2) is 0 Å². The van der Waals surface area contributed by atoms with Crippen molar-refractivity contribution in [1.82, 2.24) is 0 Å². The van der Waals surface area contributed by atoms with Crippen LogP contribution in [-0.2, 0) is 6.61 Å². The Kier molecular flexibility index (Phi) is 3.99. The number of carboxylic acid groups (broad SMARTS) is 1. The Balaban J connectivity index is 2.04. The molecule has 0 heterocycles. The predicted molar refractivity (Wildman–Crippen MR) is 69.2 cm³/mol. The molecule has 0 N–H and O–H groups in total. The Hall–Kier alpha value is -1.81. The van der Waals surface area contributed by atoms with Gasteiger partial charge in [-0.2, -0.15) is 0 Å². The van der Waals surface area contributed by atoms with E-state index in [1.54, 1.807) is 12.1 Å². The van der Waals surface area contributed by atoms with Gasteiger partial charge in [-0.05, 0) is 29.8 Å². The van der Waals surface area contributed by atoms with Crippen molar-refractivity contribution in [3.63, 3.8) is 0 Å². The third kappa shape index (κ3) is 3.34. The smallest absolute Gasteiger partial charge is 0.120 e. The molecule has 0 radical (unpaired) electrons. The van der Waals surface area contributed by atoms with E-state index in [2.05, 4.69) is 15.9 Å². The van der Waals surface area contributed by atoms with Gasteiger partial charge in [-0.1, -0.05) is 40.2 Å². The van der Waals surface area contributed by atoms with Crippen molar-refractivity contribution < 1.29 is 14.6 Å². The van der Waals surface area contributed by atoms with E-state index in [0.717, 1.165) is 10.0 Å². The second-order valence-electron chi connectivity index (χ2n) is 3.73. The van der Waals surface area contributed by atoms with Gasteiger partial charge in [-0.15, -0.1) is 0 Å². The largest absolute Gasteiger partial charge is 0.545 e. The van der Waals surface area contributed by atoms with Gasteiger partial charge in [-0.3, -0.25) is 0 Å². The molecule has 0 aliphatic heterocycles. The van der Waals surface area contributed by atoms with Crippen LogP contribution in [0, 0.1) is 0 Å². The van der Waals surface area contributed by atoms with Crippen LogP contribution >= 0.6 is 15.9 Å². The Morgan fingerprint density at radius 1 is 1.17 bits per heavy atom. The lowest BCUT2D eigenvalue weighted by atomic mass is 10.2. The second-order valence-corrected chi connectivity index (χ2v) is 4.65. The van der Waals surface area contributed by atoms with Gasteiger partial charge in [0.1, 0.15) is 12.4 Å². The van der Waals surface area contributed by atoms with Crippen LogP contribution in [-0.4, -0.2) is 5.97 Å². The van der Waals surface area contributed by atoms with Crippen molar-refractivity contribution in [3.05, 3.63) is 64.1 Å². The molecule has 0 amide bonds. The molecule has 2 rings (SSSR count). The number of carbonyl (C=O) groups is 1. The summed E-state index contributed by atoms with van der Waals surface area (Å²) < 4.78 is 6.52. The van der Waals surface area contributed by atoms with Gasteiger partial charge in [-0.25, -0.2) is 0 Å². The maximum Gasteiger partial charge on any atom is 0.120 e. The van der Waals surface area contributed by atoms with E-state index in [0.29, 0.717) is 12.4 Å². The lowest BCUT2D eigenvalue weighted by Gasteiger charge is -2.08. The van der Waals surface area contributed by atoms with E-state index >= 15 is 0 Å². The number of rotatable bonds is 4. The summed E-state index contributed by atoms with van der Waals surface area (Å²) in [6.45, 7) is 0.393. The molecule has 4 heteroatoms. The zero-order valence-corrected chi connectivity index (χ0v) is 11.0. The highest BCUT2D eigenvalue weighted by Crippen LogP contribution is 2.16. The molecule has 92 valence electrons. The minimum atomic E-state index is -1.20. The number of carboxylic acids is 1. The summed E-state index contributed by atoms with van der Waals surface area (Å²) >= 11 is 3.35. The van der Waals surface area contributed by atoms with Crippen LogP contribution in [0.1, 0.15) is 15.9 Å². The fraction of sp³-hybridized carbons (Fsp3) is 0.0714. The Labute approximate surface area is 113 Å². The molecule has 18 heavy (non-hydrogen) atoms. The SMILES string of the molecule is O=C([O-])c1cccc(OCc2ccc(Br)cc2)c1. The predicted octanol–water partition coefficient (Wildman–Crippen LogP) is 2.39. The van der Waals surface area contributed by atoms with Crippen LogP contribution in [0.25, 0.3) is 0 Å². The molecule has 0 aromatic heterocycles. The van der Waals surface area contributed by atoms with E-state index in [1.807, 2.05) is 24.3 Å². The van der Waals surface area contributed by atoms with Crippen molar-refractivity contribution in [2.75, 3.05) is 0 Å². The lowest BCUT2D eigenvalue weighted by molar-refractivity contribution is -0.255. The number of carbonyl (C=O) groups excluding carboxylic acids is 1. The van der Waals surface area contributed by atoms with Crippen LogP contribution in [0.15, 0.2) is 53.0 Å². The molecule has 0 spiro atoms. The van der Waals surface area contributed by atoms with Crippen LogP contribution in [0.4, 0.5) is 0 Å². The van der Waals surface area contributed by atoms with Crippen molar-refractivity contribution in [2.45, 2.75) is 6.61 Å². The maximum absolute atomic E-state index is 10.7. The third-order valence-corrected chi connectivity index (χ3v) is 2.92. The monoisotopic (exact) mass is 305 g/mol. The van der Waals surface area contributed by atoms with Gasteiger partial charge in [0, 0.05) is 10.0 Å². The first-order valence-corrected chi connectivity index (χ1v) is 6.13. The summed E-state index contributed by atoms with van der Waals surface area (Å²) in [5, 5.41) is 10.7. The average molecular weight is 306 g/mol. The molecule has 2 aromatic rings. The summed E-state index contributed by atoms with van der Waals surface area (Å²) in [5.41, 5.74) is 1.13. The quantitative estimate of drug-likeness (QED) is 0.871. The van der Waals surface area contributed by atoms with Gasteiger partial charge in [0.25, 0.3) is 0 Å². The molecule has 3 nitrogen and oxygen atoms in total. The van der Waals surface area contributed by atoms with Crippen LogP contribution in [0.2, 0.25) is 0 Å². The first-order valence-electron chi connectivity index (χ1n) is 5.34. The summed E-state index contributed by atoms with van der Waals surface area (Å²) in [6, 6.07) is 14.0. The van der Waals surface area contributed by atoms with Crippen molar-refractivity contribution in [3.8, 4) is 5.75 Å². The molecular weight excluding hydrogens is 296 g/mol. The molecule has 2 aromatic carbocycles. The molecule has 0 atom stereocenters. The highest BCUT2D eigenvalue weighted by molar-refractivity contribution is 9.10. The van der Waals surface area contributed by atoms with Crippen molar-refractivity contribution >= 4 is 21.9 Å². The highest BCUT2D eigenvalue weighted by atomic mass is 79.9. The topological polar surface area (TPSA) is 49.4 Å². The third-order valence-electron chi connectivity index (χ3n) is 2.39. The van der Waals surface area contributed by atoms with Gasteiger partial charge >= 0.3 is 0 Å². The number of ether oxygens (including phenoxy) is 1. The minimum absolute atomic E-state index is 0.114. The van der Waals surface area contributed by atoms with E-state index in [1.165, 1.54) is 12.1 Å². The average Bonchev–Trinajstić information content (AvgIpc) is 2.38.